The Kier molecular flexibility index (Phi) is 5.99. The van der Waals surface area contributed by atoms with Gasteiger partial charge in [-0.1, -0.05) is 42.6 Å². The number of hydrogen-bond donors (Lipinski definition) is 0. The second kappa shape index (κ2) is 5.90. The Bertz CT molecular complexity index is 101. The summed E-state index contributed by atoms with van der Waals surface area (Å²) in [7, 11) is 0. The van der Waals surface area contributed by atoms with Crippen LogP contribution in [0.1, 0.15) is 33.1 Å². The number of alkyl halides is 1. The Labute approximate surface area is 71.3 Å². The van der Waals surface area contributed by atoms with E-state index in [2.05, 4.69) is 22.9 Å². The van der Waals surface area contributed by atoms with E-state index in [1.807, 2.05) is 6.92 Å². The summed E-state index contributed by atoms with van der Waals surface area (Å²) < 4.78 is 0. The normalized spacial score (nSPS) is 13.1. The molecule has 60 valence electrons. The number of unbranched alkanes of at least 4 members (excludes halogenated alkanes) is 1. The maximum absolute atomic E-state index is 11.0. The van der Waals surface area contributed by atoms with Crippen molar-refractivity contribution in [3.8, 4) is 0 Å². The third-order valence-electron chi connectivity index (χ3n) is 1.67. The molecule has 1 atom stereocenters. The van der Waals surface area contributed by atoms with Gasteiger partial charge >= 0.3 is 0 Å². The van der Waals surface area contributed by atoms with Gasteiger partial charge in [0.05, 0.1) is 5.33 Å². The van der Waals surface area contributed by atoms with Crippen LogP contribution in [0.4, 0.5) is 0 Å². The van der Waals surface area contributed by atoms with E-state index in [0.29, 0.717) is 11.1 Å². The molecule has 0 saturated heterocycles. The van der Waals surface area contributed by atoms with Crippen molar-refractivity contribution in [1.29, 1.82) is 0 Å². The Morgan fingerprint density at radius 1 is 1.60 bits per heavy atom. The summed E-state index contributed by atoms with van der Waals surface area (Å²) in [5.41, 5.74) is 0. The minimum Gasteiger partial charge on any atom is -0.298 e. The standard InChI is InChI=1S/C8H15BrO/c1-3-4-5-7(2)8(10)6-9/h7H,3-6H2,1-2H3. The monoisotopic (exact) mass is 206 g/mol. The van der Waals surface area contributed by atoms with E-state index in [1.54, 1.807) is 0 Å². The molecule has 2 heteroatoms. The molecule has 0 aliphatic carbocycles. The molecular weight excluding hydrogens is 192 g/mol. The minimum atomic E-state index is 0.249. The summed E-state index contributed by atoms with van der Waals surface area (Å²) in [5, 5.41) is 0.512. The van der Waals surface area contributed by atoms with Gasteiger partial charge in [0.25, 0.3) is 0 Å². The van der Waals surface area contributed by atoms with Crippen LogP contribution in [0.3, 0.4) is 0 Å². The van der Waals surface area contributed by atoms with Gasteiger partial charge in [-0.15, -0.1) is 0 Å². The van der Waals surface area contributed by atoms with Gasteiger partial charge in [-0.05, 0) is 6.42 Å². The summed E-state index contributed by atoms with van der Waals surface area (Å²) in [4.78, 5) is 11.0. The number of halogens is 1. The van der Waals surface area contributed by atoms with Crippen molar-refractivity contribution in [2.24, 2.45) is 5.92 Å². The molecule has 0 aliphatic heterocycles. The van der Waals surface area contributed by atoms with Gasteiger partial charge in [-0.3, -0.25) is 4.79 Å². The number of carbonyl (C=O) groups excluding carboxylic acids is 1. The lowest BCUT2D eigenvalue weighted by atomic mass is 10.0. The molecule has 0 aromatic carbocycles. The molecule has 0 radical (unpaired) electrons. The van der Waals surface area contributed by atoms with E-state index < -0.39 is 0 Å². The maximum Gasteiger partial charge on any atom is 0.146 e. The van der Waals surface area contributed by atoms with Crippen molar-refractivity contribution in [2.75, 3.05) is 5.33 Å². The summed E-state index contributed by atoms with van der Waals surface area (Å²) in [6.07, 6.45) is 3.39. The van der Waals surface area contributed by atoms with Crippen LogP contribution < -0.4 is 0 Å². The molecule has 10 heavy (non-hydrogen) atoms. The predicted octanol–water partition coefficient (Wildman–Crippen LogP) is 2.78. The molecule has 0 fully saturated rings. The molecule has 0 amide bonds. The molecule has 0 bridgehead atoms. The fourth-order valence-electron chi connectivity index (χ4n) is 0.803. The average molecular weight is 207 g/mol. The molecule has 0 saturated carbocycles. The zero-order valence-electron chi connectivity index (χ0n) is 6.69. The second-order valence-electron chi connectivity index (χ2n) is 2.64. The molecule has 0 spiro atoms. The zero-order chi connectivity index (χ0) is 7.98. The quantitative estimate of drug-likeness (QED) is 0.633. The van der Waals surface area contributed by atoms with Crippen molar-refractivity contribution in [2.45, 2.75) is 33.1 Å². The Balaban J connectivity index is 3.41. The van der Waals surface area contributed by atoms with Gasteiger partial charge in [-0.2, -0.15) is 0 Å². The highest BCUT2D eigenvalue weighted by atomic mass is 79.9. The lowest BCUT2D eigenvalue weighted by molar-refractivity contribution is -0.119. The highest BCUT2D eigenvalue weighted by Gasteiger charge is 2.09. The first-order valence-corrected chi connectivity index (χ1v) is 4.93. The van der Waals surface area contributed by atoms with Gasteiger partial charge in [0, 0.05) is 5.92 Å². The lowest BCUT2D eigenvalue weighted by Crippen LogP contribution is -2.11. The van der Waals surface area contributed by atoms with Crippen molar-refractivity contribution in [1.82, 2.24) is 0 Å². The van der Waals surface area contributed by atoms with Crippen LogP contribution in [-0.4, -0.2) is 11.1 Å². The molecule has 1 nitrogen and oxygen atoms in total. The first kappa shape index (κ1) is 10.2. The van der Waals surface area contributed by atoms with Gasteiger partial charge in [0.2, 0.25) is 0 Å². The zero-order valence-corrected chi connectivity index (χ0v) is 8.28. The summed E-state index contributed by atoms with van der Waals surface area (Å²) in [6.45, 7) is 4.14. The summed E-state index contributed by atoms with van der Waals surface area (Å²) >= 11 is 3.16. The summed E-state index contributed by atoms with van der Waals surface area (Å²) in [5.74, 6) is 0.577. The van der Waals surface area contributed by atoms with Crippen LogP contribution in [0.2, 0.25) is 0 Å². The first-order chi connectivity index (χ1) is 4.72. The van der Waals surface area contributed by atoms with Crippen LogP contribution in [-0.2, 0) is 4.79 Å². The van der Waals surface area contributed by atoms with E-state index in [-0.39, 0.29) is 5.92 Å². The van der Waals surface area contributed by atoms with Crippen molar-refractivity contribution >= 4 is 21.7 Å². The molecular formula is C8H15BrO. The van der Waals surface area contributed by atoms with Crippen LogP contribution in [0, 0.1) is 5.92 Å². The molecule has 0 heterocycles. The van der Waals surface area contributed by atoms with Crippen molar-refractivity contribution in [3.63, 3.8) is 0 Å². The third-order valence-corrected chi connectivity index (χ3v) is 2.22. The molecule has 0 aromatic rings. The van der Waals surface area contributed by atoms with E-state index in [4.69, 9.17) is 0 Å². The number of carbonyl (C=O) groups is 1. The maximum atomic E-state index is 11.0. The number of rotatable bonds is 5. The van der Waals surface area contributed by atoms with Crippen molar-refractivity contribution in [3.05, 3.63) is 0 Å². The topological polar surface area (TPSA) is 17.1 Å². The molecule has 0 aromatic heterocycles. The molecule has 0 aliphatic rings. The van der Waals surface area contributed by atoms with Crippen LogP contribution in [0.15, 0.2) is 0 Å². The minimum absolute atomic E-state index is 0.249. The van der Waals surface area contributed by atoms with Crippen LogP contribution in [0.25, 0.3) is 0 Å². The number of ketones is 1. The Morgan fingerprint density at radius 2 is 2.20 bits per heavy atom. The van der Waals surface area contributed by atoms with Crippen LogP contribution >= 0.6 is 15.9 Å². The molecule has 0 N–H and O–H groups in total. The van der Waals surface area contributed by atoms with Gasteiger partial charge in [-0.25, -0.2) is 0 Å². The fraction of sp³-hybridized carbons (Fsp3) is 0.875. The first-order valence-electron chi connectivity index (χ1n) is 3.81. The summed E-state index contributed by atoms with van der Waals surface area (Å²) in [6, 6.07) is 0. The van der Waals surface area contributed by atoms with E-state index >= 15 is 0 Å². The Morgan fingerprint density at radius 3 is 2.60 bits per heavy atom. The van der Waals surface area contributed by atoms with Crippen LogP contribution in [0.5, 0.6) is 0 Å². The van der Waals surface area contributed by atoms with E-state index in [1.165, 1.54) is 12.8 Å². The highest BCUT2D eigenvalue weighted by Crippen LogP contribution is 2.09. The van der Waals surface area contributed by atoms with Crippen molar-refractivity contribution < 1.29 is 4.79 Å². The highest BCUT2D eigenvalue weighted by molar-refractivity contribution is 9.09. The van der Waals surface area contributed by atoms with Gasteiger partial charge < -0.3 is 0 Å². The lowest BCUT2D eigenvalue weighted by Gasteiger charge is -2.05. The number of Topliss-reactive ketones (excluding diaryl/α,β-unsaturated/α-hetero) is 1. The van der Waals surface area contributed by atoms with E-state index in [0.717, 1.165) is 6.42 Å². The average Bonchev–Trinajstić information content (AvgIpc) is 1.98. The van der Waals surface area contributed by atoms with E-state index in [9.17, 15) is 4.79 Å². The van der Waals surface area contributed by atoms with Gasteiger partial charge in [0.1, 0.15) is 5.78 Å². The third kappa shape index (κ3) is 4.04. The largest absolute Gasteiger partial charge is 0.298 e. The molecule has 0 rings (SSSR count). The fourth-order valence-corrected chi connectivity index (χ4v) is 1.36. The Hall–Kier alpha value is 0.150. The molecule has 1 unspecified atom stereocenters. The van der Waals surface area contributed by atoms with Gasteiger partial charge in [0.15, 0.2) is 0 Å². The SMILES string of the molecule is CCCCC(C)C(=O)CBr. The second-order valence-corrected chi connectivity index (χ2v) is 3.20. The predicted molar refractivity (Wildman–Crippen MR) is 47.5 cm³/mol. The number of hydrogen-bond acceptors (Lipinski definition) is 1. The smallest absolute Gasteiger partial charge is 0.146 e.